The summed E-state index contributed by atoms with van der Waals surface area (Å²) < 4.78 is 18.2. The van der Waals surface area contributed by atoms with Gasteiger partial charge in [0.1, 0.15) is 13.2 Å². The van der Waals surface area contributed by atoms with Crippen molar-refractivity contribution >= 4 is 18.1 Å². The highest BCUT2D eigenvalue weighted by atomic mass is 16.7. The van der Waals surface area contributed by atoms with Crippen molar-refractivity contribution in [3.8, 4) is 0 Å². The Kier molecular flexibility index (Phi) is 22.6. The molecule has 0 aliphatic rings. The minimum Gasteiger partial charge on any atom is -0.459 e. The predicted octanol–water partition coefficient (Wildman–Crippen LogP) is 1.38. The van der Waals surface area contributed by atoms with E-state index >= 15 is 0 Å². The summed E-state index contributed by atoms with van der Waals surface area (Å²) in [4.78, 5) is 31.9. The maximum Gasteiger partial charge on any atom is 0.508 e. The number of ether oxygens (including phenoxy) is 4. The zero-order valence-corrected chi connectivity index (χ0v) is 15.9. The zero-order valence-electron chi connectivity index (χ0n) is 15.9. The van der Waals surface area contributed by atoms with E-state index in [4.69, 9.17) is 10.2 Å². The van der Waals surface area contributed by atoms with E-state index in [1.54, 1.807) is 27.7 Å². The van der Waals surface area contributed by atoms with E-state index in [-0.39, 0.29) is 26.4 Å². The molecule has 2 N–H and O–H groups in total. The summed E-state index contributed by atoms with van der Waals surface area (Å²) in [6.07, 6.45) is -0.588. The first kappa shape index (κ1) is 28.4. The van der Waals surface area contributed by atoms with Crippen LogP contribution in [0.5, 0.6) is 0 Å². The Labute approximate surface area is 154 Å². The van der Waals surface area contributed by atoms with Crippen LogP contribution in [-0.2, 0) is 28.5 Å². The van der Waals surface area contributed by atoms with E-state index in [1.165, 1.54) is 0 Å². The first-order chi connectivity index (χ1) is 12.2. The van der Waals surface area contributed by atoms with Gasteiger partial charge in [0.25, 0.3) is 0 Å². The molecule has 0 aromatic heterocycles. The number of esters is 2. The van der Waals surface area contributed by atoms with Gasteiger partial charge >= 0.3 is 18.1 Å². The second-order valence-corrected chi connectivity index (χ2v) is 4.40. The molecule has 9 heteroatoms. The summed E-state index contributed by atoms with van der Waals surface area (Å²) in [7, 11) is 0. The molecule has 0 saturated carbocycles. The lowest BCUT2D eigenvalue weighted by Gasteiger charge is -2.05. The first-order valence-corrected chi connectivity index (χ1v) is 7.84. The second kappa shape index (κ2) is 20.7. The van der Waals surface area contributed by atoms with Crippen LogP contribution in [0.2, 0.25) is 0 Å². The topological polar surface area (TPSA) is 129 Å². The Balaban J connectivity index is -0.000000370. The molecule has 0 unspecified atom stereocenters. The smallest absolute Gasteiger partial charge is 0.459 e. The molecule has 0 saturated heterocycles. The molecule has 0 fully saturated rings. The molecule has 0 rings (SSSR count). The third kappa shape index (κ3) is 23.9. The fourth-order valence-corrected chi connectivity index (χ4v) is 0.792. The fourth-order valence-electron chi connectivity index (χ4n) is 0.792. The largest absolute Gasteiger partial charge is 0.508 e. The van der Waals surface area contributed by atoms with Crippen molar-refractivity contribution in [3.05, 3.63) is 24.3 Å². The van der Waals surface area contributed by atoms with E-state index in [0.717, 1.165) is 0 Å². The van der Waals surface area contributed by atoms with Crippen LogP contribution in [0, 0.1) is 0 Å². The Hall–Kier alpha value is -2.39. The van der Waals surface area contributed by atoms with Gasteiger partial charge in [-0.25, -0.2) is 14.4 Å². The summed E-state index contributed by atoms with van der Waals surface area (Å²) in [5.41, 5.74) is 0.632. The van der Waals surface area contributed by atoms with Crippen LogP contribution in [0.4, 0.5) is 4.79 Å². The molecule has 0 bridgehead atoms. The van der Waals surface area contributed by atoms with Crippen LogP contribution >= 0.6 is 0 Å². The monoisotopic (exact) mass is 378 g/mol. The average Bonchev–Trinajstić information content (AvgIpc) is 2.59. The Morgan fingerprint density at radius 3 is 1.23 bits per heavy atom. The molecule has 0 radical (unpaired) electrons. The molecule has 0 heterocycles. The van der Waals surface area contributed by atoms with Crippen molar-refractivity contribution in [2.45, 2.75) is 27.7 Å². The van der Waals surface area contributed by atoms with Gasteiger partial charge in [0, 0.05) is 11.1 Å². The molecule has 0 spiro atoms. The lowest BCUT2D eigenvalue weighted by atomic mass is 10.4. The molecule has 26 heavy (non-hydrogen) atoms. The molecule has 0 aromatic carbocycles. The van der Waals surface area contributed by atoms with Crippen LogP contribution in [0.3, 0.4) is 0 Å². The van der Waals surface area contributed by atoms with Crippen LogP contribution in [0.1, 0.15) is 27.7 Å². The van der Waals surface area contributed by atoms with E-state index in [0.29, 0.717) is 24.4 Å². The van der Waals surface area contributed by atoms with Crippen LogP contribution < -0.4 is 0 Å². The number of carbonyl (C=O) groups excluding carboxylic acids is 3. The SMILES string of the molecule is C=C(C)C(=O)OCCOC(=O)C(=C)C.CCOC(=O)OCC.OCCO. The third-order valence-corrected chi connectivity index (χ3v) is 1.87. The van der Waals surface area contributed by atoms with Gasteiger partial charge in [-0.2, -0.15) is 0 Å². The van der Waals surface area contributed by atoms with Crippen LogP contribution in [0.25, 0.3) is 0 Å². The minimum atomic E-state index is -0.588. The van der Waals surface area contributed by atoms with Gasteiger partial charge in [-0.05, 0) is 27.7 Å². The Morgan fingerprint density at radius 2 is 1.04 bits per heavy atom. The number of hydrogen-bond donors (Lipinski definition) is 2. The lowest BCUT2D eigenvalue weighted by molar-refractivity contribution is -0.147. The molecule has 0 aliphatic heterocycles. The summed E-state index contributed by atoms with van der Waals surface area (Å²) in [6, 6.07) is 0. The highest BCUT2D eigenvalue weighted by Gasteiger charge is 2.05. The van der Waals surface area contributed by atoms with Gasteiger partial charge in [-0.15, -0.1) is 0 Å². The van der Waals surface area contributed by atoms with E-state index in [1.807, 2.05) is 0 Å². The van der Waals surface area contributed by atoms with E-state index in [9.17, 15) is 14.4 Å². The standard InChI is InChI=1S/C10H14O4.C5H10O3.C2H6O2/c1-7(2)9(11)13-5-6-14-10(12)8(3)4;1-3-7-5(6)8-4-2;3-1-2-4/h1,3,5-6H2,2,4H3;3-4H2,1-2H3;3-4H,1-2H2. The predicted molar refractivity (Wildman–Crippen MR) is 94.4 cm³/mol. The van der Waals surface area contributed by atoms with Gasteiger partial charge in [-0.3, -0.25) is 0 Å². The van der Waals surface area contributed by atoms with Crippen molar-refractivity contribution in [2.24, 2.45) is 0 Å². The maximum atomic E-state index is 10.8. The fraction of sp³-hybridized carbons (Fsp3) is 0.588. The van der Waals surface area contributed by atoms with Gasteiger partial charge in [0.2, 0.25) is 0 Å². The van der Waals surface area contributed by atoms with E-state index in [2.05, 4.69) is 32.1 Å². The number of carbonyl (C=O) groups is 3. The maximum absolute atomic E-state index is 10.8. The normalized spacial score (nSPS) is 8.54. The zero-order chi connectivity index (χ0) is 21.0. The molecule has 0 amide bonds. The van der Waals surface area contributed by atoms with Crippen LogP contribution in [0.15, 0.2) is 24.3 Å². The molecule has 0 aromatic rings. The quantitative estimate of drug-likeness (QED) is 0.278. The van der Waals surface area contributed by atoms with Crippen molar-refractivity contribution in [3.63, 3.8) is 0 Å². The molecule has 152 valence electrons. The molecule has 0 aliphatic carbocycles. The molecule has 9 nitrogen and oxygen atoms in total. The van der Waals surface area contributed by atoms with Crippen molar-refractivity contribution < 1.29 is 43.5 Å². The number of hydrogen-bond acceptors (Lipinski definition) is 9. The third-order valence-electron chi connectivity index (χ3n) is 1.87. The second-order valence-electron chi connectivity index (χ2n) is 4.40. The summed E-state index contributed by atoms with van der Waals surface area (Å²) in [5, 5.41) is 15.2. The van der Waals surface area contributed by atoms with Gasteiger partial charge in [-0.1, -0.05) is 13.2 Å². The summed E-state index contributed by atoms with van der Waals surface area (Å²) in [5.74, 6) is -0.979. The van der Waals surface area contributed by atoms with Crippen molar-refractivity contribution in [2.75, 3.05) is 39.6 Å². The van der Waals surface area contributed by atoms with Crippen molar-refractivity contribution in [1.82, 2.24) is 0 Å². The highest BCUT2D eigenvalue weighted by molar-refractivity contribution is 5.87. The number of aliphatic hydroxyl groups excluding tert-OH is 2. The summed E-state index contributed by atoms with van der Waals surface area (Å²) >= 11 is 0. The number of rotatable bonds is 8. The van der Waals surface area contributed by atoms with Gasteiger partial charge in [0.05, 0.1) is 26.4 Å². The minimum absolute atomic E-state index is 0.0325. The van der Waals surface area contributed by atoms with Gasteiger partial charge < -0.3 is 29.2 Å². The first-order valence-electron chi connectivity index (χ1n) is 7.84. The average molecular weight is 378 g/mol. The molecule has 0 atom stereocenters. The Morgan fingerprint density at radius 1 is 0.731 bits per heavy atom. The molecular weight excluding hydrogens is 348 g/mol. The summed E-state index contributed by atoms with van der Waals surface area (Å²) in [6.45, 7) is 13.9. The van der Waals surface area contributed by atoms with E-state index < -0.39 is 18.1 Å². The number of aliphatic hydroxyl groups is 2. The van der Waals surface area contributed by atoms with Crippen molar-refractivity contribution in [1.29, 1.82) is 0 Å². The lowest BCUT2D eigenvalue weighted by Crippen LogP contribution is -2.14. The highest BCUT2D eigenvalue weighted by Crippen LogP contribution is 1.94. The van der Waals surface area contributed by atoms with Crippen LogP contribution in [-0.4, -0.2) is 67.9 Å². The molecular formula is C17H30O9. The van der Waals surface area contributed by atoms with Gasteiger partial charge in [0.15, 0.2) is 0 Å². The Bertz CT molecular complexity index is 392.